The second kappa shape index (κ2) is 7.54. The van der Waals surface area contributed by atoms with E-state index in [0.717, 1.165) is 0 Å². The maximum absolute atomic E-state index is 10.9. The second-order valence-electron chi connectivity index (χ2n) is 3.64. The molecular formula is C12H10IN3O3. The highest BCUT2D eigenvalue weighted by Crippen LogP contribution is 2.33. The van der Waals surface area contributed by atoms with Gasteiger partial charge in [0.2, 0.25) is 5.75 Å². The van der Waals surface area contributed by atoms with Gasteiger partial charge in [0.1, 0.15) is 0 Å². The first-order valence-electron chi connectivity index (χ1n) is 5.48. The van der Waals surface area contributed by atoms with Crippen LogP contribution in [0.1, 0.15) is 24.8 Å². The zero-order valence-corrected chi connectivity index (χ0v) is 12.1. The van der Waals surface area contributed by atoms with Gasteiger partial charge in [-0.2, -0.15) is 10.5 Å². The monoisotopic (exact) mass is 371 g/mol. The summed E-state index contributed by atoms with van der Waals surface area (Å²) in [6.07, 6.45) is 1.79. The molecule has 98 valence electrons. The lowest BCUT2D eigenvalue weighted by Crippen LogP contribution is -2.03. The molecule has 6 nitrogen and oxygen atoms in total. The summed E-state index contributed by atoms with van der Waals surface area (Å²) in [5.41, 5.74) is 0.0247. The number of nitrogens with zero attached hydrogens (tertiary/aromatic N) is 3. The van der Waals surface area contributed by atoms with Gasteiger partial charge in [-0.25, -0.2) is 0 Å². The average molecular weight is 371 g/mol. The third-order valence-corrected chi connectivity index (χ3v) is 3.08. The SMILES string of the molecule is N#CCCCCOc1c(I)cc(C#N)cc1[N+](=O)[O-]. The van der Waals surface area contributed by atoms with Gasteiger partial charge in [-0.05, 0) is 41.5 Å². The Morgan fingerprint density at radius 2 is 2.11 bits per heavy atom. The average Bonchev–Trinajstić information content (AvgIpc) is 2.39. The zero-order valence-electron chi connectivity index (χ0n) is 9.93. The van der Waals surface area contributed by atoms with Crippen LogP contribution in [0.5, 0.6) is 5.75 Å². The Balaban J connectivity index is 2.85. The molecule has 0 amide bonds. The van der Waals surface area contributed by atoms with E-state index in [1.165, 1.54) is 12.1 Å². The summed E-state index contributed by atoms with van der Waals surface area (Å²) >= 11 is 1.90. The fraction of sp³-hybridized carbons (Fsp3) is 0.333. The summed E-state index contributed by atoms with van der Waals surface area (Å²) in [6, 6.07) is 6.64. The van der Waals surface area contributed by atoms with Crippen molar-refractivity contribution in [2.75, 3.05) is 6.61 Å². The Labute approximate surface area is 123 Å². The Bertz CT molecular complexity index is 561. The largest absolute Gasteiger partial charge is 0.486 e. The third kappa shape index (κ3) is 4.38. The topological polar surface area (TPSA) is 99.9 Å². The number of unbranched alkanes of at least 4 members (excludes halogenated alkanes) is 2. The van der Waals surface area contributed by atoms with Gasteiger partial charge in [0.05, 0.1) is 32.8 Å². The van der Waals surface area contributed by atoms with Crippen LogP contribution in [0.4, 0.5) is 5.69 Å². The van der Waals surface area contributed by atoms with Crippen molar-refractivity contribution < 1.29 is 9.66 Å². The van der Waals surface area contributed by atoms with Crippen molar-refractivity contribution in [1.29, 1.82) is 10.5 Å². The molecule has 0 unspecified atom stereocenters. The molecule has 0 aliphatic heterocycles. The van der Waals surface area contributed by atoms with Crippen LogP contribution in [0.15, 0.2) is 12.1 Å². The van der Waals surface area contributed by atoms with Crippen molar-refractivity contribution in [3.63, 3.8) is 0 Å². The number of nitro benzene ring substituents is 1. The summed E-state index contributed by atoms with van der Waals surface area (Å²) in [4.78, 5) is 10.4. The van der Waals surface area contributed by atoms with Crippen LogP contribution in [-0.2, 0) is 0 Å². The number of nitro groups is 1. The molecular weight excluding hydrogens is 361 g/mol. The number of ether oxygens (including phenoxy) is 1. The second-order valence-corrected chi connectivity index (χ2v) is 4.80. The number of hydrogen-bond donors (Lipinski definition) is 0. The molecule has 0 bridgehead atoms. The lowest BCUT2D eigenvalue weighted by atomic mass is 10.2. The van der Waals surface area contributed by atoms with Crippen molar-refractivity contribution >= 4 is 28.3 Å². The normalized spacial score (nSPS) is 9.42. The molecule has 0 fully saturated rings. The van der Waals surface area contributed by atoms with Crippen molar-refractivity contribution in [2.24, 2.45) is 0 Å². The fourth-order valence-corrected chi connectivity index (χ4v) is 2.17. The maximum Gasteiger partial charge on any atom is 0.313 e. The molecule has 0 atom stereocenters. The Kier molecular flexibility index (Phi) is 6.03. The highest BCUT2D eigenvalue weighted by molar-refractivity contribution is 14.1. The van der Waals surface area contributed by atoms with Gasteiger partial charge in [0.15, 0.2) is 0 Å². The third-order valence-electron chi connectivity index (χ3n) is 2.28. The molecule has 0 aliphatic rings. The van der Waals surface area contributed by atoms with E-state index in [9.17, 15) is 10.1 Å². The number of halogens is 1. The van der Waals surface area contributed by atoms with Gasteiger partial charge in [0.25, 0.3) is 0 Å². The zero-order chi connectivity index (χ0) is 14.3. The lowest BCUT2D eigenvalue weighted by molar-refractivity contribution is -0.386. The molecule has 0 saturated heterocycles. The van der Waals surface area contributed by atoms with Crippen LogP contribution in [0, 0.1) is 36.3 Å². The Morgan fingerprint density at radius 1 is 1.37 bits per heavy atom. The summed E-state index contributed by atoms with van der Waals surface area (Å²) < 4.78 is 5.94. The lowest BCUT2D eigenvalue weighted by Gasteiger charge is -2.08. The maximum atomic E-state index is 10.9. The van der Waals surface area contributed by atoms with Crippen LogP contribution in [0.25, 0.3) is 0 Å². The van der Waals surface area contributed by atoms with Gasteiger partial charge in [-0.15, -0.1) is 0 Å². The summed E-state index contributed by atoms with van der Waals surface area (Å²) in [6.45, 7) is 0.310. The van der Waals surface area contributed by atoms with Crippen molar-refractivity contribution in [1.82, 2.24) is 0 Å². The van der Waals surface area contributed by atoms with E-state index < -0.39 is 4.92 Å². The quantitative estimate of drug-likeness (QED) is 0.331. The molecule has 0 radical (unpaired) electrons. The van der Waals surface area contributed by atoms with E-state index in [1.807, 2.05) is 34.7 Å². The molecule has 0 saturated carbocycles. The Morgan fingerprint density at radius 3 is 2.68 bits per heavy atom. The molecule has 19 heavy (non-hydrogen) atoms. The van der Waals surface area contributed by atoms with Crippen molar-refractivity contribution in [3.05, 3.63) is 31.4 Å². The predicted molar refractivity (Wildman–Crippen MR) is 75.5 cm³/mol. The highest BCUT2D eigenvalue weighted by atomic mass is 127. The van der Waals surface area contributed by atoms with Gasteiger partial charge in [-0.3, -0.25) is 10.1 Å². The molecule has 7 heteroatoms. The predicted octanol–water partition coefficient (Wildman–Crippen LogP) is 3.14. The molecule has 0 aliphatic carbocycles. The van der Waals surface area contributed by atoms with Gasteiger partial charge < -0.3 is 4.74 Å². The molecule has 1 aromatic rings. The summed E-state index contributed by atoms with van der Waals surface area (Å²) in [5.74, 6) is 0.182. The molecule has 1 rings (SSSR count). The van der Waals surface area contributed by atoms with Crippen LogP contribution in [-0.4, -0.2) is 11.5 Å². The van der Waals surface area contributed by atoms with E-state index in [-0.39, 0.29) is 17.0 Å². The minimum Gasteiger partial charge on any atom is -0.486 e. The van der Waals surface area contributed by atoms with Crippen molar-refractivity contribution in [2.45, 2.75) is 19.3 Å². The van der Waals surface area contributed by atoms with Crippen LogP contribution >= 0.6 is 22.6 Å². The van der Waals surface area contributed by atoms with E-state index in [4.69, 9.17) is 15.3 Å². The van der Waals surface area contributed by atoms with E-state index in [1.54, 1.807) is 0 Å². The van der Waals surface area contributed by atoms with Gasteiger partial charge in [-0.1, -0.05) is 0 Å². The first kappa shape index (κ1) is 15.2. The molecule has 0 heterocycles. The fourth-order valence-electron chi connectivity index (χ4n) is 1.40. The van der Waals surface area contributed by atoms with E-state index >= 15 is 0 Å². The smallest absolute Gasteiger partial charge is 0.313 e. The summed E-state index contributed by atoms with van der Waals surface area (Å²) in [5, 5.41) is 28.1. The van der Waals surface area contributed by atoms with E-state index in [0.29, 0.717) is 29.4 Å². The standard InChI is InChI=1S/C12H10IN3O3/c13-10-6-9(8-15)7-11(16(17)18)12(10)19-5-3-1-2-4-14/h6-7H,1-3,5H2. The summed E-state index contributed by atoms with van der Waals surface area (Å²) in [7, 11) is 0. The number of rotatable bonds is 6. The number of benzene rings is 1. The minimum atomic E-state index is -0.562. The number of nitriles is 2. The molecule has 0 N–H and O–H groups in total. The van der Waals surface area contributed by atoms with Crippen molar-refractivity contribution in [3.8, 4) is 17.9 Å². The van der Waals surface area contributed by atoms with Crippen LogP contribution in [0.2, 0.25) is 0 Å². The molecule has 1 aromatic carbocycles. The van der Waals surface area contributed by atoms with E-state index in [2.05, 4.69) is 0 Å². The van der Waals surface area contributed by atoms with Gasteiger partial charge >= 0.3 is 5.69 Å². The van der Waals surface area contributed by atoms with Gasteiger partial charge in [0, 0.05) is 12.5 Å². The number of hydrogen-bond acceptors (Lipinski definition) is 5. The first-order chi connectivity index (χ1) is 9.10. The van der Waals surface area contributed by atoms with Crippen LogP contribution < -0.4 is 4.74 Å². The molecule has 0 aromatic heterocycles. The highest BCUT2D eigenvalue weighted by Gasteiger charge is 2.20. The molecule has 0 spiro atoms. The minimum absolute atomic E-state index is 0.182. The van der Waals surface area contributed by atoms with Crippen LogP contribution in [0.3, 0.4) is 0 Å². The Hall–Kier alpha value is -1.87. The first-order valence-corrected chi connectivity index (χ1v) is 6.55.